The molecule has 28 heavy (non-hydrogen) atoms. The number of imidazole rings is 1. The molecule has 0 saturated carbocycles. The molecule has 1 aliphatic rings. The highest BCUT2D eigenvalue weighted by atomic mass is 32.2. The Hall–Kier alpha value is -2.68. The van der Waals surface area contributed by atoms with E-state index in [0.29, 0.717) is 12.2 Å². The maximum Gasteiger partial charge on any atom is 0.245 e. The number of fused-ring (bicyclic) bond motifs is 1. The second-order valence-electron chi connectivity index (χ2n) is 7.18. The Kier molecular flexibility index (Phi) is 4.70. The summed E-state index contributed by atoms with van der Waals surface area (Å²) in [5, 5.41) is 7.32. The average Bonchev–Trinajstić information content (AvgIpc) is 3.30. The van der Waals surface area contributed by atoms with Gasteiger partial charge >= 0.3 is 0 Å². The van der Waals surface area contributed by atoms with Gasteiger partial charge in [-0.05, 0) is 25.5 Å². The molecule has 0 bridgehead atoms. The van der Waals surface area contributed by atoms with E-state index in [1.54, 1.807) is 10.7 Å². The van der Waals surface area contributed by atoms with Gasteiger partial charge < -0.3 is 9.88 Å². The number of carbonyl (C=O) groups excluding carboxylic acids is 1. The number of nitrogens with one attached hydrogen (secondary N) is 1. The lowest BCUT2D eigenvalue weighted by atomic mass is 10.3. The molecule has 4 rings (SSSR count). The van der Waals surface area contributed by atoms with Crippen molar-refractivity contribution in [2.75, 3.05) is 16.8 Å². The van der Waals surface area contributed by atoms with Gasteiger partial charge in [-0.2, -0.15) is 5.10 Å². The molecule has 148 valence electrons. The van der Waals surface area contributed by atoms with Crippen LogP contribution in [-0.4, -0.2) is 45.2 Å². The van der Waals surface area contributed by atoms with E-state index in [2.05, 4.69) is 15.4 Å². The third-order valence-electron chi connectivity index (χ3n) is 5.03. The van der Waals surface area contributed by atoms with Gasteiger partial charge in [0.2, 0.25) is 5.91 Å². The summed E-state index contributed by atoms with van der Waals surface area (Å²) in [6, 6.07) is 9.27. The van der Waals surface area contributed by atoms with Gasteiger partial charge in [-0.15, -0.1) is 0 Å². The number of para-hydroxylation sites is 2. The summed E-state index contributed by atoms with van der Waals surface area (Å²) in [7, 11) is -3.04. The monoisotopic (exact) mass is 401 g/mol. The van der Waals surface area contributed by atoms with Crippen molar-refractivity contribution < 1.29 is 13.2 Å². The van der Waals surface area contributed by atoms with Gasteiger partial charge in [0.25, 0.3) is 0 Å². The first-order valence-corrected chi connectivity index (χ1v) is 11.2. The molecular weight excluding hydrogens is 378 g/mol. The summed E-state index contributed by atoms with van der Waals surface area (Å²) < 4.78 is 27.2. The van der Waals surface area contributed by atoms with Crippen molar-refractivity contribution in [2.24, 2.45) is 0 Å². The zero-order chi connectivity index (χ0) is 19.9. The molecule has 2 aromatic heterocycles. The average molecular weight is 401 g/mol. The first kappa shape index (κ1) is 18.7. The molecule has 3 heterocycles. The Balaban J connectivity index is 1.57. The Morgan fingerprint density at radius 2 is 2.11 bits per heavy atom. The number of amides is 1. The molecule has 0 spiro atoms. The number of hydrogen-bond donors (Lipinski definition) is 1. The highest BCUT2D eigenvalue weighted by Crippen LogP contribution is 2.27. The van der Waals surface area contributed by atoms with Crippen LogP contribution in [0.5, 0.6) is 0 Å². The largest absolute Gasteiger partial charge is 0.318 e. The number of carbonyl (C=O) groups is 1. The second kappa shape index (κ2) is 7.05. The van der Waals surface area contributed by atoms with Gasteiger partial charge in [0, 0.05) is 12.5 Å². The third kappa shape index (κ3) is 3.54. The van der Waals surface area contributed by atoms with Crippen molar-refractivity contribution in [1.82, 2.24) is 19.3 Å². The van der Waals surface area contributed by atoms with E-state index in [1.807, 2.05) is 42.7 Å². The van der Waals surface area contributed by atoms with E-state index in [1.165, 1.54) is 0 Å². The third-order valence-corrected chi connectivity index (χ3v) is 6.78. The molecule has 1 saturated heterocycles. The van der Waals surface area contributed by atoms with E-state index in [0.717, 1.165) is 29.0 Å². The molecule has 1 atom stereocenters. The number of anilines is 1. The smallest absolute Gasteiger partial charge is 0.245 e. The SMILES string of the molecule is CCc1nc2ccccc2n1CC(=O)Nc1cc(C)nn1C1CCS(=O)(=O)C1. The highest BCUT2D eigenvalue weighted by molar-refractivity contribution is 7.91. The number of aromatic nitrogens is 4. The van der Waals surface area contributed by atoms with Crippen molar-refractivity contribution in [1.29, 1.82) is 0 Å². The lowest BCUT2D eigenvalue weighted by Crippen LogP contribution is -2.23. The summed E-state index contributed by atoms with van der Waals surface area (Å²) in [5.41, 5.74) is 2.52. The van der Waals surface area contributed by atoms with Crippen LogP contribution in [0, 0.1) is 6.92 Å². The van der Waals surface area contributed by atoms with Crippen LogP contribution in [0.2, 0.25) is 0 Å². The van der Waals surface area contributed by atoms with Gasteiger partial charge in [-0.1, -0.05) is 19.1 Å². The summed E-state index contributed by atoms with van der Waals surface area (Å²) in [6.07, 6.45) is 1.23. The van der Waals surface area contributed by atoms with E-state index >= 15 is 0 Å². The fourth-order valence-corrected chi connectivity index (χ4v) is 5.45. The zero-order valence-electron chi connectivity index (χ0n) is 15.9. The van der Waals surface area contributed by atoms with E-state index in [9.17, 15) is 13.2 Å². The van der Waals surface area contributed by atoms with Crippen LogP contribution >= 0.6 is 0 Å². The van der Waals surface area contributed by atoms with Crippen LogP contribution in [0.3, 0.4) is 0 Å². The Morgan fingerprint density at radius 1 is 1.32 bits per heavy atom. The second-order valence-corrected chi connectivity index (χ2v) is 9.41. The van der Waals surface area contributed by atoms with Crippen molar-refractivity contribution in [2.45, 2.75) is 39.3 Å². The quantitative estimate of drug-likeness (QED) is 0.706. The van der Waals surface area contributed by atoms with Crippen LogP contribution in [0.15, 0.2) is 30.3 Å². The number of sulfone groups is 1. The van der Waals surface area contributed by atoms with Crippen LogP contribution < -0.4 is 5.32 Å². The normalized spacial score (nSPS) is 18.6. The van der Waals surface area contributed by atoms with E-state index in [-0.39, 0.29) is 30.0 Å². The number of hydrogen-bond acceptors (Lipinski definition) is 5. The van der Waals surface area contributed by atoms with E-state index in [4.69, 9.17) is 0 Å². The zero-order valence-corrected chi connectivity index (χ0v) is 16.7. The minimum atomic E-state index is -3.04. The van der Waals surface area contributed by atoms with Gasteiger partial charge in [-0.25, -0.2) is 18.1 Å². The fourth-order valence-electron chi connectivity index (χ4n) is 3.75. The first-order chi connectivity index (χ1) is 13.4. The Morgan fingerprint density at radius 3 is 2.82 bits per heavy atom. The molecular formula is C19H23N5O3S. The number of rotatable bonds is 5. The minimum absolute atomic E-state index is 0.0587. The Bertz CT molecular complexity index is 1150. The van der Waals surface area contributed by atoms with Crippen LogP contribution in [0.25, 0.3) is 11.0 Å². The van der Waals surface area contributed by atoms with Crippen molar-refractivity contribution in [3.8, 4) is 0 Å². The molecule has 1 N–H and O–H groups in total. The maximum atomic E-state index is 12.8. The molecule has 3 aromatic rings. The van der Waals surface area contributed by atoms with Gasteiger partial charge in [-0.3, -0.25) is 4.79 Å². The minimum Gasteiger partial charge on any atom is -0.318 e. The number of nitrogens with zero attached hydrogens (tertiary/aromatic N) is 4. The molecule has 0 aliphatic carbocycles. The summed E-state index contributed by atoms with van der Waals surface area (Å²) >= 11 is 0. The van der Waals surface area contributed by atoms with Gasteiger partial charge in [0.05, 0.1) is 34.3 Å². The molecule has 1 amide bonds. The van der Waals surface area contributed by atoms with Crippen LogP contribution in [0.4, 0.5) is 5.82 Å². The van der Waals surface area contributed by atoms with Gasteiger partial charge in [0.1, 0.15) is 18.2 Å². The van der Waals surface area contributed by atoms with Crippen LogP contribution in [0.1, 0.15) is 30.9 Å². The standard InChI is InChI=1S/C19H23N5O3S/c1-3-17-20-15-6-4-5-7-16(15)23(17)11-19(25)21-18-10-13(2)22-24(18)14-8-9-28(26,27)12-14/h4-7,10,14H,3,8-9,11-12H2,1-2H3,(H,21,25). The van der Waals surface area contributed by atoms with Crippen LogP contribution in [-0.2, 0) is 27.6 Å². The lowest BCUT2D eigenvalue weighted by molar-refractivity contribution is -0.116. The molecule has 1 fully saturated rings. The first-order valence-electron chi connectivity index (χ1n) is 9.37. The molecule has 9 heteroatoms. The summed E-state index contributed by atoms with van der Waals surface area (Å²) in [6.45, 7) is 3.97. The maximum absolute atomic E-state index is 12.8. The van der Waals surface area contributed by atoms with Crippen molar-refractivity contribution in [3.05, 3.63) is 41.9 Å². The van der Waals surface area contributed by atoms with Crippen molar-refractivity contribution >= 4 is 32.6 Å². The molecule has 1 aliphatic heterocycles. The summed E-state index contributed by atoms with van der Waals surface area (Å²) in [5.74, 6) is 1.41. The predicted molar refractivity (Wildman–Crippen MR) is 107 cm³/mol. The summed E-state index contributed by atoms with van der Waals surface area (Å²) in [4.78, 5) is 17.4. The predicted octanol–water partition coefficient (Wildman–Crippen LogP) is 2.10. The number of aryl methyl sites for hydroxylation is 2. The fraction of sp³-hybridized carbons (Fsp3) is 0.421. The number of benzene rings is 1. The lowest BCUT2D eigenvalue weighted by Gasteiger charge is -2.14. The Labute approximate surface area is 163 Å². The van der Waals surface area contributed by atoms with E-state index < -0.39 is 9.84 Å². The molecule has 0 radical (unpaired) electrons. The van der Waals surface area contributed by atoms with Gasteiger partial charge in [0.15, 0.2) is 9.84 Å². The van der Waals surface area contributed by atoms with Crippen molar-refractivity contribution in [3.63, 3.8) is 0 Å². The molecule has 8 nitrogen and oxygen atoms in total. The molecule has 1 unspecified atom stereocenters. The molecule has 1 aromatic carbocycles. The topological polar surface area (TPSA) is 98.9 Å². The highest BCUT2D eigenvalue weighted by Gasteiger charge is 2.31.